The topological polar surface area (TPSA) is 29.0 Å². The first-order chi connectivity index (χ1) is 6.36. The monoisotopic (exact) mass is 177 g/mol. The summed E-state index contributed by atoms with van der Waals surface area (Å²) in [6.07, 6.45) is 5.99. The van der Waals surface area contributed by atoms with Crippen molar-refractivity contribution >= 4 is 5.82 Å². The molecule has 1 fully saturated rings. The minimum absolute atomic E-state index is 0.873. The van der Waals surface area contributed by atoms with Crippen LogP contribution in [0.2, 0.25) is 0 Å². The third-order valence-electron chi connectivity index (χ3n) is 2.67. The summed E-state index contributed by atoms with van der Waals surface area (Å²) in [5.41, 5.74) is 0. The minimum Gasteiger partial charge on any atom is -0.357 e. The molecular formula is C10H15N3. The first kappa shape index (κ1) is 8.48. The van der Waals surface area contributed by atoms with E-state index < -0.39 is 0 Å². The Morgan fingerprint density at radius 1 is 1.38 bits per heavy atom. The van der Waals surface area contributed by atoms with Crippen LogP contribution in [0.25, 0.3) is 0 Å². The van der Waals surface area contributed by atoms with Crippen LogP contribution in [0.5, 0.6) is 0 Å². The number of nitrogens with zero attached hydrogens (tertiary/aromatic N) is 3. The molecule has 0 amide bonds. The van der Waals surface area contributed by atoms with E-state index >= 15 is 0 Å². The van der Waals surface area contributed by atoms with Gasteiger partial charge in [-0.3, -0.25) is 0 Å². The summed E-state index contributed by atoms with van der Waals surface area (Å²) in [5.74, 6) is 1.94. The van der Waals surface area contributed by atoms with Crippen LogP contribution in [-0.4, -0.2) is 23.1 Å². The molecule has 0 bridgehead atoms. The molecule has 1 aromatic heterocycles. The van der Waals surface area contributed by atoms with E-state index in [1.165, 1.54) is 12.8 Å². The molecule has 3 heteroatoms. The lowest BCUT2D eigenvalue weighted by Crippen LogP contribution is -2.33. The number of rotatable bonds is 1. The maximum absolute atomic E-state index is 4.24. The normalized spacial score (nSPS) is 19.0. The van der Waals surface area contributed by atoms with Gasteiger partial charge in [-0.05, 0) is 24.8 Å². The fourth-order valence-corrected chi connectivity index (χ4v) is 1.71. The highest BCUT2D eigenvalue weighted by atomic mass is 15.2. The summed E-state index contributed by atoms with van der Waals surface area (Å²) in [6.45, 7) is 4.59. The quantitative estimate of drug-likeness (QED) is 0.654. The fraction of sp³-hybridized carbons (Fsp3) is 0.600. The van der Waals surface area contributed by atoms with Gasteiger partial charge < -0.3 is 4.90 Å². The van der Waals surface area contributed by atoms with Crippen molar-refractivity contribution in [2.75, 3.05) is 18.0 Å². The lowest BCUT2D eigenvalue weighted by Gasteiger charge is -2.30. The minimum atomic E-state index is 0.873. The zero-order valence-electron chi connectivity index (χ0n) is 7.98. The molecule has 13 heavy (non-hydrogen) atoms. The van der Waals surface area contributed by atoms with Crippen LogP contribution < -0.4 is 4.90 Å². The van der Waals surface area contributed by atoms with E-state index in [9.17, 15) is 0 Å². The van der Waals surface area contributed by atoms with E-state index in [1.807, 2.05) is 6.07 Å². The smallest absolute Gasteiger partial charge is 0.131 e. The predicted octanol–water partition coefficient (Wildman–Crippen LogP) is 1.71. The van der Waals surface area contributed by atoms with Crippen LogP contribution >= 0.6 is 0 Å². The van der Waals surface area contributed by atoms with Crippen molar-refractivity contribution in [2.45, 2.75) is 19.8 Å². The average Bonchev–Trinajstić information content (AvgIpc) is 2.20. The second-order valence-electron chi connectivity index (χ2n) is 3.74. The average molecular weight is 177 g/mol. The van der Waals surface area contributed by atoms with Gasteiger partial charge >= 0.3 is 0 Å². The third kappa shape index (κ3) is 1.97. The van der Waals surface area contributed by atoms with Crippen LogP contribution in [0.3, 0.4) is 0 Å². The van der Waals surface area contributed by atoms with E-state index in [1.54, 1.807) is 12.5 Å². The SMILES string of the molecule is CC1CCN(c2ccncn2)CC1. The number of anilines is 1. The van der Waals surface area contributed by atoms with Gasteiger partial charge in [0.15, 0.2) is 0 Å². The molecule has 0 aromatic carbocycles. The van der Waals surface area contributed by atoms with Gasteiger partial charge in [-0.25, -0.2) is 9.97 Å². The molecular weight excluding hydrogens is 162 g/mol. The molecule has 0 aliphatic carbocycles. The molecule has 1 saturated heterocycles. The highest BCUT2D eigenvalue weighted by Crippen LogP contribution is 2.20. The summed E-state index contributed by atoms with van der Waals surface area (Å²) in [5, 5.41) is 0. The van der Waals surface area contributed by atoms with Crippen molar-refractivity contribution in [3.05, 3.63) is 18.6 Å². The molecule has 0 saturated carbocycles. The number of hydrogen-bond donors (Lipinski definition) is 0. The van der Waals surface area contributed by atoms with Crippen LogP contribution in [-0.2, 0) is 0 Å². The van der Waals surface area contributed by atoms with Gasteiger partial charge in [-0.15, -0.1) is 0 Å². The van der Waals surface area contributed by atoms with Gasteiger partial charge in [-0.1, -0.05) is 6.92 Å². The first-order valence-electron chi connectivity index (χ1n) is 4.87. The summed E-state index contributed by atoms with van der Waals surface area (Å²) in [7, 11) is 0. The van der Waals surface area contributed by atoms with Gasteiger partial charge in [0.05, 0.1) is 0 Å². The Labute approximate surface area is 78.8 Å². The third-order valence-corrected chi connectivity index (χ3v) is 2.67. The molecule has 1 aliphatic heterocycles. The van der Waals surface area contributed by atoms with Crippen molar-refractivity contribution in [3.8, 4) is 0 Å². The molecule has 0 spiro atoms. The molecule has 2 rings (SSSR count). The van der Waals surface area contributed by atoms with Crippen molar-refractivity contribution in [2.24, 2.45) is 5.92 Å². The highest BCUT2D eigenvalue weighted by molar-refractivity contribution is 5.36. The van der Waals surface area contributed by atoms with Crippen LogP contribution in [0.4, 0.5) is 5.82 Å². The van der Waals surface area contributed by atoms with Gasteiger partial charge in [-0.2, -0.15) is 0 Å². The first-order valence-corrected chi connectivity index (χ1v) is 4.87. The molecule has 70 valence electrons. The largest absolute Gasteiger partial charge is 0.357 e. The molecule has 1 aliphatic rings. The maximum Gasteiger partial charge on any atom is 0.131 e. The fourth-order valence-electron chi connectivity index (χ4n) is 1.71. The maximum atomic E-state index is 4.24. The number of aromatic nitrogens is 2. The highest BCUT2D eigenvalue weighted by Gasteiger charge is 2.16. The summed E-state index contributed by atoms with van der Waals surface area (Å²) < 4.78 is 0. The molecule has 3 nitrogen and oxygen atoms in total. The Morgan fingerprint density at radius 2 is 2.15 bits per heavy atom. The molecule has 0 N–H and O–H groups in total. The van der Waals surface area contributed by atoms with Crippen LogP contribution in [0.15, 0.2) is 18.6 Å². The molecule has 0 radical (unpaired) electrons. The van der Waals surface area contributed by atoms with E-state index in [-0.39, 0.29) is 0 Å². The second-order valence-corrected chi connectivity index (χ2v) is 3.74. The van der Waals surface area contributed by atoms with Gasteiger partial charge in [0.1, 0.15) is 12.1 Å². The number of hydrogen-bond acceptors (Lipinski definition) is 3. The van der Waals surface area contributed by atoms with E-state index in [2.05, 4.69) is 21.8 Å². The van der Waals surface area contributed by atoms with E-state index in [0.29, 0.717) is 0 Å². The standard InChI is InChI=1S/C10H15N3/c1-9-3-6-13(7-4-9)10-2-5-11-8-12-10/h2,5,8-9H,3-4,6-7H2,1H3. The van der Waals surface area contributed by atoms with E-state index in [0.717, 1.165) is 24.8 Å². The van der Waals surface area contributed by atoms with Gasteiger partial charge in [0.2, 0.25) is 0 Å². The van der Waals surface area contributed by atoms with Crippen molar-refractivity contribution in [1.29, 1.82) is 0 Å². The summed E-state index contributed by atoms with van der Waals surface area (Å²) >= 11 is 0. The van der Waals surface area contributed by atoms with Gasteiger partial charge in [0.25, 0.3) is 0 Å². The molecule has 2 heterocycles. The summed E-state index contributed by atoms with van der Waals surface area (Å²) in [4.78, 5) is 10.5. The zero-order chi connectivity index (χ0) is 9.10. The Balaban J connectivity index is 2.03. The Bertz CT molecular complexity index is 252. The number of piperidine rings is 1. The second kappa shape index (κ2) is 3.73. The van der Waals surface area contributed by atoms with Crippen molar-refractivity contribution < 1.29 is 0 Å². The van der Waals surface area contributed by atoms with Gasteiger partial charge in [0, 0.05) is 19.3 Å². The van der Waals surface area contributed by atoms with Crippen molar-refractivity contribution in [1.82, 2.24) is 9.97 Å². The van der Waals surface area contributed by atoms with Crippen molar-refractivity contribution in [3.63, 3.8) is 0 Å². The predicted molar refractivity (Wildman–Crippen MR) is 52.6 cm³/mol. The molecule has 1 aromatic rings. The zero-order valence-corrected chi connectivity index (χ0v) is 7.98. The molecule has 0 atom stereocenters. The van der Waals surface area contributed by atoms with E-state index in [4.69, 9.17) is 0 Å². The lowest BCUT2D eigenvalue weighted by molar-refractivity contribution is 0.436. The van der Waals surface area contributed by atoms with Crippen LogP contribution in [0, 0.1) is 5.92 Å². The van der Waals surface area contributed by atoms with Crippen LogP contribution in [0.1, 0.15) is 19.8 Å². The Kier molecular flexibility index (Phi) is 2.43. The lowest BCUT2D eigenvalue weighted by atomic mass is 9.99. The molecule has 0 unspecified atom stereocenters. The summed E-state index contributed by atoms with van der Waals surface area (Å²) in [6, 6.07) is 1.98. The Hall–Kier alpha value is -1.12. The Morgan fingerprint density at radius 3 is 2.77 bits per heavy atom.